The zero-order valence-electron chi connectivity index (χ0n) is 15.4. The molecule has 0 aromatic heterocycles. The van der Waals surface area contributed by atoms with Crippen molar-refractivity contribution in [3.8, 4) is 5.75 Å². The average Bonchev–Trinajstić information content (AvgIpc) is 2.59. The van der Waals surface area contributed by atoms with E-state index in [2.05, 4.69) is 0 Å². The topological polar surface area (TPSA) is 38.8 Å². The molecule has 3 rings (SSSR count). The van der Waals surface area contributed by atoms with Crippen molar-refractivity contribution in [2.45, 2.75) is 45.9 Å². The third-order valence-electron chi connectivity index (χ3n) is 4.16. The fourth-order valence-electron chi connectivity index (χ4n) is 2.88. The Kier molecular flexibility index (Phi) is 5.42. The number of halogens is 1. The van der Waals surface area contributed by atoms with Crippen LogP contribution < -0.4 is 4.74 Å². The van der Waals surface area contributed by atoms with E-state index < -0.39 is 5.60 Å². The fraction of sp³-hybridized carbons (Fsp3) is 0.381. The maximum Gasteiger partial charge on any atom is 0.410 e. The van der Waals surface area contributed by atoms with Crippen LogP contribution in [0.5, 0.6) is 5.75 Å². The Labute approximate surface area is 159 Å². The van der Waals surface area contributed by atoms with Gasteiger partial charge in [-0.25, -0.2) is 4.79 Å². The summed E-state index contributed by atoms with van der Waals surface area (Å²) in [6.45, 7) is 7.22. The van der Waals surface area contributed by atoms with E-state index in [1.54, 1.807) is 4.90 Å². The molecule has 0 bridgehead atoms. The molecule has 0 unspecified atom stereocenters. The molecule has 0 spiro atoms. The molecule has 0 N–H and O–H groups in total. The normalized spacial score (nSPS) is 13.9. The first kappa shape index (κ1) is 18.6. The van der Waals surface area contributed by atoms with Crippen LogP contribution in [-0.4, -0.2) is 23.1 Å². The summed E-state index contributed by atoms with van der Waals surface area (Å²) >= 11 is 6.40. The van der Waals surface area contributed by atoms with Gasteiger partial charge in [0.15, 0.2) is 0 Å². The van der Waals surface area contributed by atoms with Crippen LogP contribution >= 0.6 is 11.6 Å². The quantitative estimate of drug-likeness (QED) is 0.741. The zero-order chi connectivity index (χ0) is 18.7. The molecule has 0 radical (unpaired) electrons. The molecule has 26 heavy (non-hydrogen) atoms. The predicted molar refractivity (Wildman–Crippen MR) is 103 cm³/mol. The van der Waals surface area contributed by atoms with E-state index in [4.69, 9.17) is 21.1 Å². The van der Waals surface area contributed by atoms with Gasteiger partial charge in [0.1, 0.15) is 18.0 Å². The van der Waals surface area contributed by atoms with Gasteiger partial charge in [0.05, 0.1) is 5.02 Å². The van der Waals surface area contributed by atoms with E-state index in [0.29, 0.717) is 30.5 Å². The van der Waals surface area contributed by atoms with Gasteiger partial charge < -0.3 is 14.4 Å². The molecule has 0 aliphatic carbocycles. The van der Waals surface area contributed by atoms with Gasteiger partial charge in [-0.15, -0.1) is 0 Å². The predicted octanol–water partition coefficient (Wildman–Crippen LogP) is 5.21. The summed E-state index contributed by atoms with van der Waals surface area (Å²) in [5.41, 5.74) is 2.80. The molecule has 2 aromatic rings. The van der Waals surface area contributed by atoms with Crippen molar-refractivity contribution in [1.82, 2.24) is 4.90 Å². The lowest BCUT2D eigenvalue weighted by Crippen LogP contribution is -2.39. The minimum absolute atomic E-state index is 0.288. The molecular weight excluding hydrogens is 350 g/mol. The Balaban J connectivity index is 1.69. The molecule has 0 fully saturated rings. The summed E-state index contributed by atoms with van der Waals surface area (Å²) < 4.78 is 11.4. The highest BCUT2D eigenvalue weighted by Crippen LogP contribution is 2.32. The number of ether oxygens (including phenoxy) is 2. The van der Waals surface area contributed by atoms with Crippen LogP contribution in [0.2, 0.25) is 5.02 Å². The van der Waals surface area contributed by atoms with Crippen LogP contribution in [-0.2, 0) is 24.3 Å². The highest BCUT2D eigenvalue weighted by atomic mass is 35.5. The standard InChI is InChI=1S/C21H24ClNO3/c1-21(2,3)26-20(24)23-10-9-16-12-19(18(22)11-17(16)13-23)25-14-15-7-5-4-6-8-15/h4-8,11-12H,9-10,13-14H2,1-3H3. The van der Waals surface area contributed by atoms with Crippen molar-refractivity contribution in [3.05, 3.63) is 64.2 Å². The van der Waals surface area contributed by atoms with Crippen molar-refractivity contribution in [1.29, 1.82) is 0 Å². The molecule has 1 amide bonds. The molecule has 0 saturated heterocycles. The Hall–Kier alpha value is -2.20. The smallest absolute Gasteiger partial charge is 0.410 e. The molecular formula is C21H24ClNO3. The van der Waals surface area contributed by atoms with E-state index in [0.717, 1.165) is 23.1 Å². The molecule has 4 nitrogen and oxygen atoms in total. The highest BCUT2D eigenvalue weighted by Gasteiger charge is 2.26. The van der Waals surface area contributed by atoms with Crippen LogP contribution in [0.3, 0.4) is 0 Å². The lowest BCUT2D eigenvalue weighted by molar-refractivity contribution is 0.0224. The number of rotatable bonds is 3. The maximum atomic E-state index is 12.3. The van der Waals surface area contributed by atoms with Gasteiger partial charge in [-0.05, 0) is 56.0 Å². The number of hydrogen-bond donors (Lipinski definition) is 0. The first-order valence-corrected chi connectivity index (χ1v) is 9.15. The maximum absolute atomic E-state index is 12.3. The summed E-state index contributed by atoms with van der Waals surface area (Å²) in [5.74, 6) is 0.681. The number of nitrogens with zero attached hydrogens (tertiary/aromatic N) is 1. The Morgan fingerprint density at radius 2 is 1.88 bits per heavy atom. The minimum atomic E-state index is -0.496. The van der Waals surface area contributed by atoms with Crippen LogP contribution in [0.25, 0.3) is 0 Å². The van der Waals surface area contributed by atoms with Crippen molar-refractivity contribution in [3.63, 3.8) is 0 Å². The number of hydrogen-bond acceptors (Lipinski definition) is 3. The Morgan fingerprint density at radius 3 is 2.58 bits per heavy atom. The minimum Gasteiger partial charge on any atom is -0.487 e. The van der Waals surface area contributed by atoms with Gasteiger partial charge in [0.25, 0.3) is 0 Å². The highest BCUT2D eigenvalue weighted by molar-refractivity contribution is 6.32. The monoisotopic (exact) mass is 373 g/mol. The van der Waals surface area contributed by atoms with E-state index in [1.807, 2.05) is 63.2 Å². The van der Waals surface area contributed by atoms with Crippen molar-refractivity contribution in [2.24, 2.45) is 0 Å². The second-order valence-corrected chi connectivity index (χ2v) is 7.88. The Morgan fingerprint density at radius 1 is 1.15 bits per heavy atom. The fourth-order valence-corrected chi connectivity index (χ4v) is 3.13. The van der Waals surface area contributed by atoms with Crippen molar-refractivity contribution >= 4 is 17.7 Å². The molecule has 5 heteroatoms. The summed E-state index contributed by atoms with van der Waals surface area (Å²) in [6.07, 6.45) is 0.469. The zero-order valence-corrected chi connectivity index (χ0v) is 16.2. The third kappa shape index (κ3) is 4.70. The van der Waals surface area contributed by atoms with Crippen LogP contribution in [0.4, 0.5) is 4.79 Å². The number of amides is 1. The van der Waals surface area contributed by atoms with Gasteiger partial charge in [-0.3, -0.25) is 0 Å². The number of carbonyl (C=O) groups is 1. The largest absolute Gasteiger partial charge is 0.487 e. The number of fused-ring (bicyclic) bond motifs is 1. The van der Waals surface area contributed by atoms with Crippen molar-refractivity contribution in [2.75, 3.05) is 6.54 Å². The third-order valence-corrected chi connectivity index (χ3v) is 4.45. The van der Waals surface area contributed by atoms with Gasteiger partial charge in [0.2, 0.25) is 0 Å². The van der Waals surface area contributed by atoms with Crippen molar-refractivity contribution < 1.29 is 14.3 Å². The van der Waals surface area contributed by atoms with Gasteiger partial charge in [-0.1, -0.05) is 41.9 Å². The Bertz CT molecular complexity index is 784. The summed E-state index contributed by atoms with van der Waals surface area (Å²) in [6, 6.07) is 13.9. The second kappa shape index (κ2) is 7.58. The van der Waals surface area contributed by atoms with Gasteiger partial charge in [0, 0.05) is 13.1 Å². The van der Waals surface area contributed by atoms with Gasteiger partial charge in [-0.2, -0.15) is 0 Å². The van der Waals surface area contributed by atoms with E-state index in [1.165, 1.54) is 0 Å². The van der Waals surface area contributed by atoms with Crippen LogP contribution in [0.1, 0.15) is 37.5 Å². The average molecular weight is 374 g/mol. The van der Waals surface area contributed by atoms with Crippen LogP contribution in [0.15, 0.2) is 42.5 Å². The van der Waals surface area contributed by atoms with E-state index >= 15 is 0 Å². The molecule has 0 saturated carbocycles. The molecule has 1 heterocycles. The SMILES string of the molecule is CC(C)(C)OC(=O)N1CCc2cc(OCc3ccccc3)c(Cl)cc2C1. The molecule has 2 aromatic carbocycles. The first-order valence-electron chi connectivity index (χ1n) is 8.78. The molecule has 138 valence electrons. The first-order chi connectivity index (χ1) is 12.3. The molecule has 0 atom stereocenters. The lowest BCUT2D eigenvalue weighted by atomic mass is 9.99. The van der Waals surface area contributed by atoms with Gasteiger partial charge >= 0.3 is 6.09 Å². The van der Waals surface area contributed by atoms with Crippen LogP contribution in [0, 0.1) is 0 Å². The lowest BCUT2D eigenvalue weighted by Gasteiger charge is -2.31. The molecule has 1 aliphatic heterocycles. The number of carbonyl (C=O) groups excluding carboxylic acids is 1. The summed E-state index contributed by atoms with van der Waals surface area (Å²) in [7, 11) is 0. The summed E-state index contributed by atoms with van der Waals surface area (Å²) in [5, 5.41) is 0.561. The second-order valence-electron chi connectivity index (χ2n) is 7.48. The van der Waals surface area contributed by atoms with E-state index in [9.17, 15) is 4.79 Å². The number of benzene rings is 2. The summed E-state index contributed by atoms with van der Waals surface area (Å²) in [4.78, 5) is 14.0. The molecule has 1 aliphatic rings. The van der Waals surface area contributed by atoms with E-state index in [-0.39, 0.29) is 6.09 Å².